The van der Waals surface area contributed by atoms with Crippen molar-refractivity contribution in [3.05, 3.63) is 34.4 Å². The minimum Gasteiger partial charge on any atom is -0.364 e. The van der Waals surface area contributed by atoms with E-state index in [9.17, 15) is 4.79 Å². The number of carbonyl (C=O) groups excluding carboxylic acids is 1. The first-order valence-corrected chi connectivity index (χ1v) is 4.84. The maximum absolute atomic E-state index is 11.8. The van der Waals surface area contributed by atoms with Crippen LogP contribution in [0.5, 0.6) is 0 Å². The number of aryl methyl sites for hydroxylation is 1. The highest BCUT2D eigenvalue weighted by Gasteiger charge is 2.32. The summed E-state index contributed by atoms with van der Waals surface area (Å²) in [5, 5.41) is 0. The first-order valence-electron chi connectivity index (χ1n) is 4.84. The van der Waals surface area contributed by atoms with Gasteiger partial charge in [-0.3, -0.25) is 4.79 Å². The first-order chi connectivity index (χ1) is 6.61. The fourth-order valence-electron chi connectivity index (χ4n) is 1.60. The molecule has 0 radical (unpaired) electrons. The quantitative estimate of drug-likeness (QED) is 0.528. The average Bonchev–Trinajstić information content (AvgIpc) is 2.97. The molecular weight excluding hydrogens is 176 g/mol. The smallest absolute Gasteiger partial charge is 0.194 e. The molecule has 1 saturated heterocycles. The molecule has 0 saturated carbocycles. The molecule has 14 heavy (non-hydrogen) atoms. The van der Waals surface area contributed by atoms with Crippen molar-refractivity contribution in [2.75, 3.05) is 6.61 Å². The predicted octanol–water partition coefficient (Wildman–Crippen LogP) is 2.19. The lowest BCUT2D eigenvalue weighted by Gasteiger charge is -2.08. The molecule has 1 atom stereocenters. The van der Waals surface area contributed by atoms with Gasteiger partial charge in [-0.15, -0.1) is 0 Å². The molecule has 0 N–H and O–H groups in total. The molecule has 1 aromatic rings. The molecule has 2 heteroatoms. The number of hydrogen-bond acceptors (Lipinski definition) is 2. The van der Waals surface area contributed by atoms with Gasteiger partial charge < -0.3 is 4.74 Å². The zero-order valence-electron chi connectivity index (χ0n) is 8.76. The van der Waals surface area contributed by atoms with Crippen molar-refractivity contribution < 1.29 is 9.53 Å². The Morgan fingerprint density at radius 3 is 2.50 bits per heavy atom. The van der Waals surface area contributed by atoms with Gasteiger partial charge in [0.25, 0.3) is 0 Å². The van der Waals surface area contributed by atoms with E-state index in [1.54, 1.807) is 0 Å². The minimum atomic E-state index is -0.171. The van der Waals surface area contributed by atoms with E-state index >= 15 is 0 Å². The third-order valence-electron chi connectivity index (χ3n) is 2.95. The predicted molar refractivity (Wildman–Crippen MR) is 54.7 cm³/mol. The normalized spacial score (nSPS) is 19.5. The third-order valence-corrected chi connectivity index (χ3v) is 2.95. The van der Waals surface area contributed by atoms with Crippen LogP contribution in [0.4, 0.5) is 0 Å². The van der Waals surface area contributed by atoms with Crippen LogP contribution in [0.1, 0.15) is 27.0 Å². The molecule has 1 heterocycles. The topological polar surface area (TPSA) is 29.6 Å². The first kappa shape index (κ1) is 9.41. The van der Waals surface area contributed by atoms with Crippen molar-refractivity contribution in [3.63, 3.8) is 0 Å². The molecule has 0 amide bonds. The number of carbonyl (C=O) groups is 1. The summed E-state index contributed by atoms with van der Waals surface area (Å²) < 4.78 is 5.00. The van der Waals surface area contributed by atoms with Gasteiger partial charge in [0.15, 0.2) is 5.78 Å². The van der Waals surface area contributed by atoms with E-state index in [0.29, 0.717) is 6.61 Å². The van der Waals surface area contributed by atoms with Gasteiger partial charge in [-0.2, -0.15) is 0 Å². The fraction of sp³-hybridized carbons (Fsp3) is 0.417. The molecule has 1 aliphatic rings. The summed E-state index contributed by atoms with van der Waals surface area (Å²) in [7, 11) is 0. The van der Waals surface area contributed by atoms with Gasteiger partial charge in [-0.05, 0) is 37.5 Å². The molecule has 74 valence electrons. The maximum atomic E-state index is 11.8. The monoisotopic (exact) mass is 190 g/mol. The summed E-state index contributed by atoms with van der Waals surface area (Å²) >= 11 is 0. The molecule has 0 aromatic heterocycles. The average molecular weight is 190 g/mol. The van der Waals surface area contributed by atoms with E-state index in [-0.39, 0.29) is 11.9 Å². The van der Waals surface area contributed by atoms with Crippen molar-refractivity contribution >= 4 is 5.78 Å². The standard InChI is InChI=1S/C12H14O2/c1-7-4-5-10(9(3)8(7)2)12(13)11-6-14-11/h4-5,11H,6H2,1-3H3. The zero-order chi connectivity index (χ0) is 10.3. The van der Waals surface area contributed by atoms with Crippen molar-refractivity contribution in [1.29, 1.82) is 0 Å². The summed E-state index contributed by atoms with van der Waals surface area (Å²) in [4.78, 5) is 11.8. The van der Waals surface area contributed by atoms with E-state index < -0.39 is 0 Å². The highest BCUT2D eigenvalue weighted by atomic mass is 16.6. The van der Waals surface area contributed by atoms with Gasteiger partial charge >= 0.3 is 0 Å². The Morgan fingerprint density at radius 1 is 1.29 bits per heavy atom. The number of epoxide rings is 1. The largest absolute Gasteiger partial charge is 0.364 e. The van der Waals surface area contributed by atoms with Crippen LogP contribution in [0.2, 0.25) is 0 Å². The van der Waals surface area contributed by atoms with E-state index in [2.05, 4.69) is 13.8 Å². The minimum absolute atomic E-state index is 0.130. The molecule has 0 bridgehead atoms. The van der Waals surface area contributed by atoms with Crippen LogP contribution < -0.4 is 0 Å². The highest BCUT2D eigenvalue weighted by Crippen LogP contribution is 2.22. The van der Waals surface area contributed by atoms with E-state index in [4.69, 9.17) is 4.74 Å². The summed E-state index contributed by atoms with van der Waals surface area (Å²) in [5.41, 5.74) is 4.34. The Bertz CT molecular complexity index is 390. The summed E-state index contributed by atoms with van der Waals surface area (Å²) in [5.74, 6) is 0.130. The Morgan fingerprint density at radius 2 is 1.93 bits per heavy atom. The lowest BCUT2D eigenvalue weighted by Crippen LogP contribution is -2.10. The Balaban J connectivity index is 2.43. The van der Waals surface area contributed by atoms with E-state index in [0.717, 1.165) is 11.1 Å². The highest BCUT2D eigenvalue weighted by molar-refractivity contribution is 6.02. The maximum Gasteiger partial charge on any atom is 0.194 e. The molecular formula is C12H14O2. The Labute approximate surface area is 83.9 Å². The number of rotatable bonds is 2. The van der Waals surface area contributed by atoms with Crippen LogP contribution in [0.15, 0.2) is 12.1 Å². The second-order valence-electron chi connectivity index (χ2n) is 3.87. The van der Waals surface area contributed by atoms with Gasteiger partial charge in [0.05, 0.1) is 6.61 Å². The van der Waals surface area contributed by atoms with Crippen molar-refractivity contribution in [2.45, 2.75) is 26.9 Å². The Hall–Kier alpha value is -1.15. The number of benzene rings is 1. The molecule has 1 unspecified atom stereocenters. The molecule has 1 aliphatic heterocycles. The van der Waals surface area contributed by atoms with Crippen LogP contribution in [0, 0.1) is 20.8 Å². The summed E-state index contributed by atoms with van der Waals surface area (Å²) in [6.07, 6.45) is -0.171. The van der Waals surface area contributed by atoms with Crippen LogP contribution in [-0.4, -0.2) is 18.5 Å². The number of ether oxygens (including phenoxy) is 1. The van der Waals surface area contributed by atoms with Crippen LogP contribution in [0.3, 0.4) is 0 Å². The number of Topliss-reactive ketones (excluding diaryl/α,β-unsaturated/α-hetero) is 1. The second kappa shape index (κ2) is 3.21. The second-order valence-corrected chi connectivity index (χ2v) is 3.87. The lowest BCUT2D eigenvalue weighted by atomic mass is 9.95. The molecule has 2 nitrogen and oxygen atoms in total. The lowest BCUT2D eigenvalue weighted by molar-refractivity contribution is 0.0953. The zero-order valence-corrected chi connectivity index (χ0v) is 8.76. The van der Waals surface area contributed by atoms with Gasteiger partial charge in [0.2, 0.25) is 0 Å². The van der Waals surface area contributed by atoms with E-state index in [1.807, 2.05) is 19.1 Å². The van der Waals surface area contributed by atoms with Gasteiger partial charge in [-0.25, -0.2) is 0 Å². The van der Waals surface area contributed by atoms with Gasteiger partial charge in [0.1, 0.15) is 6.10 Å². The SMILES string of the molecule is Cc1ccc(C(=O)C2CO2)c(C)c1C. The molecule has 0 aliphatic carbocycles. The summed E-state index contributed by atoms with van der Waals surface area (Å²) in [6.45, 7) is 6.70. The van der Waals surface area contributed by atoms with Crippen LogP contribution >= 0.6 is 0 Å². The van der Waals surface area contributed by atoms with Crippen LogP contribution in [0.25, 0.3) is 0 Å². The summed E-state index contributed by atoms with van der Waals surface area (Å²) in [6, 6.07) is 3.90. The van der Waals surface area contributed by atoms with Crippen molar-refractivity contribution in [2.24, 2.45) is 0 Å². The fourth-order valence-corrected chi connectivity index (χ4v) is 1.60. The van der Waals surface area contributed by atoms with Crippen LogP contribution in [-0.2, 0) is 4.74 Å². The number of ketones is 1. The van der Waals surface area contributed by atoms with Gasteiger partial charge in [0, 0.05) is 5.56 Å². The Kier molecular flexibility index (Phi) is 2.16. The third kappa shape index (κ3) is 1.46. The van der Waals surface area contributed by atoms with Crippen molar-refractivity contribution in [3.8, 4) is 0 Å². The van der Waals surface area contributed by atoms with Crippen molar-refractivity contribution in [1.82, 2.24) is 0 Å². The van der Waals surface area contributed by atoms with E-state index in [1.165, 1.54) is 11.1 Å². The molecule has 2 rings (SSSR count). The molecule has 1 aromatic carbocycles. The molecule has 0 spiro atoms. The van der Waals surface area contributed by atoms with Gasteiger partial charge in [-0.1, -0.05) is 12.1 Å². The molecule has 1 fully saturated rings. The number of hydrogen-bond donors (Lipinski definition) is 0.